The van der Waals surface area contributed by atoms with Crippen molar-refractivity contribution in [1.29, 1.82) is 0 Å². The van der Waals surface area contributed by atoms with Crippen LogP contribution in [0.4, 0.5) is 0 Å². The smallest absolute Gasteiger partial charge is 0.251 e. The van der Waals surface area contributed by atoms with E-state index >= 15 is 0 Å². The Morgan fingerprint density at radius 3 is 2.31 bits per heavy atom. The lowest BCUT2D eigenvalue weighted by Crippen LogP contribution is -2.42. The topological polar surface area (TPSA) is 101 Å². The van der Waals surface area contributed by atoms with Crippen LogP contribution in [0, 0.1) is 0 Å². The zero-order valence-corrected chi connectivity index (χ0v) is 19.9. The van der Waals surface area contributed by atoms with E-state index < -0.39 is 6.04 Å². The summed E-state index contributed by atoms with van der Waals surface area (Å²) in [7, 11) is 1.69. The average molecular weight is 474 g/mol. The maximum absolute atomic E-state index is 12.8. The first-order valence-corrected chi connectivity index (χ1v) is 11.9. The molecular formula is C28H31N3O4. The van der Waals surface area contributed by atoms with Gasteiger partial charge in [-0.05, 0) is 65.9 Å². The van der Waals surface area contributed by atoms with Crippen LogP contribution in [0.15, 0.2) is 73.1 Å². The third-order valence-corrected chi connectivity index (χ3v) is 6.72. The van der Waals surface area contributed by atoms with Gasteiger partial charge in [0.05, 0.1) is 18.2 Å². The quantitative estimate of drug-likeness (QED) is 0.438. The predicted molar refractivity (Wildman–Crippen MR) is 134 cm³/mol. The number of amides is 2. The Balaban J connectivity index is 1.41. The molecule has 1 saturated carbocycles. The van der Waals surface area contributed by atoms with E-state index in [2.05, 4.69) is 15.6 Å². The molecule has 7 nitrogen and oxygen atoms in total. The van der Waals surface area contributed by atoms with Gasteiger partial charge in [0.2, 0.25) is 0 Å². The number of ether oxygens (including phenoxy) is 1. The van der Waals surface area contributed by atoms with Gasteiger partial charge in [-0.1, -0.05) is 37.1 Å². The molecule has 0 spiro atoms. The summed E-state index contributed by atoms with van der Waals surface area (Å²) in [5.74, 6) is -0.506. The molecule has 1 heterocycles. The van der Waals surface area contributed by atoms with Crippen molar-refractivity contribution in [3.05, 3.63) is 89.7 Å². The Bertz CT molecular complexity index is 1140. The maximum Gasteiger partial charge on any atom is 0.251 e. The summed E-state index contributed by atoms with van der Waals surface area (Å²) in [6, 6.07) is 17.4. The normalized spacial score (nSPS) is 15.4. The third kappa shape index (κ3) is 5.93. The molecule has 2 aromatic carbocycles. The van der Waals surface area contributed by atoms with Crippen LogP contribution in [0.2, 0.25) is 0 Å². The molecule has 7 heteroatoms. The molecule has 0 unspecified atom stereocenters. The number of hydrogen-bond donors (Lipinski definition) is 3. The molecule has 0 radical (unpaired) electrons. The molecule has 35 heavy (non-hydrogen) atoms. The summed E-state index contributed by atoms with van der Waals surface area (Å²) in [4.78, 5) is 29.7. The van der Waals surface area contributed by atoms with Crippen molar-refractivity contribution < 1.29 is 19.4 Å². The number of aromatic nitrogens is 1. The molecular weight excluding hydrogens is 442 g/mol. The van der Waals surface area contributed by atoms with E-state index in [1.165, 1.54) is 0 Å². The van der Waals surface area contributed by atoms with Crippen molar-refractivity contribution in [2.75, 3.05) is 20.3 Å². The highest BCUT2D eigenvalue weighted by atomic mass is 16.5. The SMILES string of the molecule is COC1(CNC(=O)c2cccc([C@@H](CO)NC(=O)c3ccc(-c4ccncc4)cc3)c2)CCCC1. The van der Waals surface area contributed by atoms with Crippen molar-refractivity contribution in [3.8, 4) is 11.1 Å². The molecule has 0 aliphatic heterocycles. The van der Waals surface area contributed by atoms with E-state index in [0.717, 1.165) is 36.8 Å². The van der Waals surface area contributed by atoms with Gasteiger partial charge in [-0.3, -0.25) is 14.6 Å². The fourth-order valence-corrected chi connectivity index (χ4v) is 4.55. The largest absolute Gasteiger partial charge is 0.394 e. The van der Waals surface area contributed by atoms with E-state index in [1.54, 1.807) is 55.9 Å². The monoisotopic (exact) mass is 473 g/mol. The van der Waals surface area contributed by atoms with Gasteiger partial charge in [-0.2, -0.15) is 0 Å². The van der Waals surface area contributed by atoms with E-state index in [4.69, 9.17) is 4.74 Å². The Morgan fingerprint density at radius 2 is 1.66 bits per heavy atom. The van der Waals surface area contributed by atoms with E-state index in [0.29, 0.717) is 23.2 Å². The first kappa shape index (κ1) is 24.6. The number of nitrogens with one attached hydrogen (secondary N) is 2. The molecule has 2 amide bonds. The fraction of sp³-hybridized carbons (Fsp3) is 0.321. The van der Waals surface area contributed by atoms with Gasteiger partial charge in [0.1, 0.15) is 0 Å². The lowest BCUT2D eigenvalue weighted by Gasteiger charge is -2.27. The zero-order chi connectivity index (χ0) is 24.7. The van der Waals surface area contributed by atoms with Gasteiger partial charge >= 0.3 is 0 Å². The van der Waals surface area contributed by atoms with Crippen molar-refractivity contribution in [2.24, 2.45) is 0 Å². The molecule has 1 aromatic heterocycles. The summed E-state index contributed by atoms with van der Waals surface area (Å²) in [5, 5.41) is 15.8. The van der Waals surface area contributed by atoms with Gasteiger partial charge in [0.15, 0.2) is 0 Å². The number of hydrogen-bond acceptors (Lipinski definition) is 5. The van der Waals surface area contributed by atoms with Gasteiger partial charge in [-0.15, -0.1) is 0 Å². The van der Waals surface area contributed by atoms with Crippen LogP contribution < -0.4 is 10.6 Å². The number of aliphatic hydroxyl groups excluding tert-OH is 1. The highest BCUT2D eigenvalue weighted by molar-refractivity contribution is 5.95. The minimum Gasteiger partial charge on any atom is -0.394 e. The summed E-state index contributed by atoms with van der Waals surface area (Å²) < 4.78 is 5.68. The number of benzene rings is 2. The van der Waals surface area contributed by atoms with Gasteiger partial charge in [0.25, 0.3) is 11.8 Å². The predicted octanol–water partition coefficient (Wildman–Crippen LogP) is 3.90. The lowest BCUT2D eigenvalue weighted by molar-refractivity contribution is -0.00260. The van der Waals surface area contributed by atoms with Crippen LogP contribution in [-0.2, 0) is 4.74 Å². The van der Waals surface area contributed by atoms with Crippen LogP contribution in [0.5, 0.6) is 0 Å². The first-order valence-electron chi connectivity index (χ1n) is 11.9. The summed E-state index contributed by atoms with van der Waals surface area (Å²) in [5.41, 5.74) is 3.32. The van der Waals surface area contributed by atoms with E-state index in [1.807, 2.05) is 24.3 Å². The molecule has 1 aliphatic rings. The molecule has 4 rings (SSSR count). The standard InChI is InChI=1S/C28H31N3O4/c1-35-28(13-2-3-14-28)19-30-26(33)24-6-4-5-23(17-24)25(18-32)31-27(34)22-9-7-20(8-10-22)21-11-15-29-16-12-21/h4-12,15-17,25,32H,2-3,13-14,18-19H2,1H3,(H,30,33)(H,31,34)/t25-/m1/s1. The number of carbonyl (C=O) groups is 2. The number of rotatable bonds is 9. The second-order valence-electron chi connectivity index (χ2n) is 8.92. The lowest BCUT2D eigenvalue weighted by atomic mass is 10.0. The van der Waals surface area contributed by atoms with Crippen molar-refractivity contribution in [3.63, 3.8) is 0 Å². The fourth-order valence-electron chi connectivity index (χ4n) is 4.55. The zero-order valence-electron chi connectivity index (χ0n) is 19.9. The second-order valence-corrected chi connectivity index (χ2v) is 8.92. The number of methoxy groups -OCH3 is 1. The Hall–Kier alpha value is -3.55. The Kier molecular flexibility index (Phi) is 7.90. The number of aliphatic hydroxyl groups is 1. The number of carbonyl (C=O) groups excluding carboxylic acids is 2. The molecule has 1 fully saturated rings. The maximum atomic E-state index is 12.8. The van der Waals surface area contributed by atoms with Crippen molar-refractivity contribution >= 4 is 11.8 Å². The van der Waals surface area contributed by atoms with Crippen LogP contribution >= 0.6 is 0 Å². The summed E-state index contributed by atoms with van der Waals surface area (Å²) in [6.45, 7) is 0.168. The average Bonchev–Trinajstić information content (AvgIpc) is 3.40. The Morgan fingerprint density at radius 1 is 0.971 bits per heavy atom. The molecule has 3 N–H and O–H groups in total. The molecule has 1 atom stereocenters. The molecule has 0 saturated heterocycles. The number of pyridine rings is 1. The first-order chi connectivity index (χ1) is 17.0. The highest BCUT2D eigenvalue weighted by Crippen LogP contribution is 2.32. The van der Waals surface area contributed by atoms with Crippen LogP contribution in [-0.4, -0.2) is 47.8 Å². The van der Waals surface area contributed by atoms with Crippen molar-refractivity contribution in [2.45, 2.75) is 37.3 Å². The highest BCUT2D eigenvalue weighted by Gasteiger charge is 2.34. The molecule has 182 valence electrons. The van der Waals surface area contributed by atoms with Crippen LogP contribution in [0.3, 0.4) is 0 Å². The van der Waals surface area contributed by atoms with Crippen LogP contribution in [0.1, 0.15) is 58.0 Å². The molecule has 0 bridgehead atoms. The van der Waals surface area contributed by atoms with Crippen molar-refractivity contribution in [1.82, 2.24) is 15.6 Å². The Labute approximate surface area is 205 Å². The second kappa shape index (κ2) is 11.3. The van der Waals surface area contributed by atoms with Gasteiger partial charge in [-0.25, -0.2) is 0 Å². The third-order valence-electron chi connectivity index (χ3n) is 6.72. The van der Waals surface area contributed by atoms with Gasteiger partial charge < -0.3 is 20.5 Å². The summed E-state index contributed by atoms with van der Waals surface area (Å²) >= 11 is 0. The van der Waals surface area contributed by atoms with Gasteiger partial charge in [0, 0.05) is 37.2 Å². The molecule has 3 aromatic rings. The van der Waals surface area contributed by atoms with E-state index in [-0.39, 0.29) is 24.0 Å². The molecule has 1 aliphatic carbocycles. The van der Waals surface area contributed by atoms with Crippen LogP contribution in [0.25, 0.3) is 11.1 Å². The minimum atomic E-state index is -0.643. The summed E-state index contributed by atoms with van der Waals surface area (Å²) in [6.07, 6.45) is 7.52. The minimum absolute atomic E-state index is 0.204. The van der Waals surface area contributed by atoms with E-state index in [9.17, 15) is 14.7 Å². The number of nitrogens with zero attached hydrogens (tertiary/aromatic N) is 1.